The van der Waals surface area contributed by atoms with Crippen molar-refractivity contribution < 1.29 is 19.1 Å². The van der Waals surface area contributed by atoms with Crippen LogP contribution in [-0.4, -0.2) is 34.2 Å². The number of hydrogen-bond donors (Lipinski definition) is 1. The molecule has 1 N–H and O–H groups in total. The Labute approximate surface area is 217 Å². The van der Waals surface area contributed by atoms with Crippen LogP contribution in [0.2, 0.25) is 0 Å². The van der Waals surface area contributed by atoms with Gasteiger partial charge in [0.1, 0.15) is 11.3 Å². The molecule has 0 spiro atoms. The number of carbonyl (C=O) groups is 1. The van der Waals surface area contributed by atoms with Crippen molar-refractivity contribution in [3.8, 4) is 5.75 Å². The summed E-state index contributed by atoms with van der Waals surface area (Å²) in [6.45, 7) is 4.24. The highest BCUT2D eigenvalue weighted by atomic mass is 16.5. The number of likely N-dealkylation sites (tertiary alicyclic amines) is 1. The molecule has 2 heterocycles. The van der Waals surface area contributed by atoms with Crippen molar-refractivity contribution in [2.45, 2.75) is 83.0 Å². The van der Waals surface area contributed by atoms with Crippen molar-refractivity contribution in [1.29, 1.82) is 0 Å². The maximum atomic E-state index is 14.0. The van der Waals surface area contributed by atoms with E-state index < -0.39 is 11.7 Å². The molecule has 1 saturated heterocycles. The summed E-state index contributed by atoms with van der Waals surface area (Å²) in [6.07, 6.45) is 6.09. The molecule has 2 aromatic carbocycles. The second kappa shape index (κ2) is 9.32. The first-order valence-electron chi connectivity index (χ1n) is 13.7. The molecule has 6 heteroatoms. The lowest BCUT2D eigenvalue weighted by Gasteiger charge is -2.53. The summed E-state index contributed by atoms with van der Waals surface area (Å²) in [6, 6.07) is 13.7. The predicted octanol–water partition coefficient (Wildman–Crippen LogP) is 5.25. The predicted molar refractivity (Wildman–Crippen MR) is 142 cm³/mol. The van der Waals surface area contributed by atoms with Crippen LogP contribution in [0.5, 0.6) is 5.75 Å². The fourth-order valence-corrected chi connectivity index (χ4v) is 7.06. The van der Waals surface area contributed by atoms with Crippen LogP contribution in [0.4, 0.5) is 0 Å². The SMILES string of the molecule is Cc1cc(O[C@@H](C)C(=O)N2CC[C@]3(O)CCCC[C@@H]3[C@@H]2c2ccccc2)c2c3c(c(=O)oc2c1)CCC3. The van der Waals surface area contributed by atoms with Crippen LogP contribution in [0.15, 0.2) is 51.7 Å². The smallest absolute Gasteiger partial charge is 0.339 e. The molecule has 4 atom stereocenters. The summed E-state index contributed by atoms with van der Waals surface area (Å²) in [5.41, 5.74) is 3.23. The molecule has 1 saturated carbocycles. The van der Waals surface area contributed by atoms with Crippen LogP contribution in [-0.2, 0) is 17.6 Å². The molecular weight excluding hydrogens is 466 g/mol. The second-order valence-electron chi connectivity index (χ2n) is 11.2. The van der Waals surface area contributed by atoms with Gasteiger partial charge < -0.3 is 19.2 Å². The minimum atomic E-state index is -0.732. The zero-order valence-corrected chi connectivity index (χ0v) is 21.7. The van der Waals surface area contributed by atoms with Crippen LogP contribution < -0.4 is 10.4 Å². The van der Waals surface area contributed by atoms with E-state index in [0.29, 0.717) is 30.7 Å². The van der Waals surface area contributed by atoms with E-state index in [2.05, 4.69) is 12.1 Å². The minimum Gasteiger partial charge on any atom is -0.480 e. The maximum absolute atomic E-state index is 14.0. The number of amides is 1. The Bertz CT molecular complexity index is 1400. The van der Waals surface area contributed by atoms with Gasteiger partial charge in [0.2, 0.25) is 0 Å². The second-order valence-corrected chi connectivity index (χ2v) is 11.2. The van der Waals surface area contributed by atoms with Crippen LogP contribution in [0.25, 0.3) is 11.0 Å². The van der Waals surface area contributed by atoms with Crippen molar-refractivity contribution in [3.05, 3.63) is 75.1 Å². The lowest BCUT2D eigenvalue weighted by atomic mass is 9.66. The summed E-state index contributed by atoms with van der Waals surface area (Å²) < 4.78 is 12.1. The molecule has 0 bridgehead atoms. The van der Waals surface area contributed by atoms with Gasteiger partial charge in [-0.3, -0.25) is 4.79 Å². The molecule has 3 aromatic rings. The first kappa shape index (κ1) is 24.2. The third kappa shape index (κ3) is 4.15. The summed E-state index contributed by atoms with van der Waals surface area (Å²) >= 11 is 0. The molecule has 3 aliphatic rings. The van der Waals surface area contributed by atoms with Gasteiger partial charge in [-0.05, 0) is 81.2 Å². The molecule has 2 fully saturated rings. The Morgan fingerprint density at radius 2 is 1.89 bits per heavy atom. The molecule has 1 aromatic heterocycles. The lowest BCUT2D eigenvalue weighted by molar-refractivity contribution is -0.161. The van der Waals surface area contributed by atoms with Crippen LogP contribution >= 0.6 is 0 Å². The van der Waals surface area contributed by atoms with Crippen molar-refractivity contribution in [3.63, 3.8) is 0 Å². The Balaban J connectivity index is 1.35. The van der Waals surface area contributed by atoms with Gasteiger partial charge in [-0.1, -0.05) is 43.2 Å². The number of carbonyl (C=O) groups excluding carboxylic acids is 1. The summed E-state index contributed by atoms with van der Waals surface area (Å²) in [4.78, 5) is 28.5. The summed E-state index contributed by atoms with van der Waals surface area (Å²) in [5, 5.41) is 12.4. The molecule has 37 heavy (non-hydrogen) atoms. The fourth-order valence-electron chi connectivity index (χ4n) is 7.06. The first-order chi connectivity index (χ1) is 17.9. The summed E-state index contributed by atoms with van der Waals surface area (Å²) in [7, 11) is 0. The van der Waals surface area contributed by atoms with Crippen molar-refractivity contribution >= 4 is 16.9 Å². The van der Waals surface area contributed by atoms with Crippen molar-refractivity contribution in [1.82, 2.24) is 4.90 Å². The molecular formula is C31H35NO5. The molecule has 0 unspecified atom stereocenters. The van der Waals surface area contributed by atoms with Gasteiger partial charge >= 0.3 is 5.63 Å². The van der Waals surface area contributed by atoms with E-state index in [0.717, 1.165) is 66.2 Å². The highest BCUT2D eigenvalue weighted by molar-refractivity contribution is 5.90. The molecule has 6 rings (SSSR count). The number of aryl methyl sites for hydroxylation is 2. The van der Waals surface area contributed by atoms with E-state index >= 15 is 0 Å². The molecule has 1 aliphatic heterocycles. The van der Waals surface area contributed by atoms with Crippen LogP contribution in [0.3, 0.4) is 0 Å². The van der Waals surface area contributed by atoms with Crippen molar-refractivity contribution in [2.75, 3.05) is 6.54 Å². The summed E-state index contributed by atoms with van der Waals surface area (Å²) in [5.74, 6) is 0.524. The van der Waals surface area contributed by atoms with Gasteiger partial charge in [-0.15, -0.1) is 0 Å². The number of fused-ring (bicyclic) bond motifs is 4. The van der Waals surface area contributed by atoms with E-state index in [-0.39, 0.29) is 23.5 Å². The van der Waals surface area contributed by atoms with E-state index in [9.17, 15) is 14.7 Å². The van der Waals surface area contributed by atoms with Gasteiger partial charge in [0.05, 0.1) is 17.0 Å². The number of benzene rings is 2. The van der Waals surface area contributed by atoms with Gasteiger partial charge in [-0.25, -0.2) is 4.79 Å². The fraction of sp³-hybridized carbons (Fsp3) is 0.484. The average molecular weight is 502 g/mol. The normalized spacial score (nSPS) is 26.0. The Morgan fingerprint density at radius 3 is 2.70 bits per heavy atom. The molecule has 194 valence electrons. The maximum Gasteiger partial charge on any atom is 0.339 e. The third-order valence-corrected chi connectivity index (χ3v) is 8.82. The van der Waals surface area contributed by atoms with Crippen molar-refractivity contribution in [2.24, 2.45) is 5.92 Å². The van der Waals surface area contributed by atoms with Gasteiger partial charge in [0.25, 0.3) is 5.91 Å². The largest absolute Gasteiger partial charge is 0.480 e. The Kier molecular flexibility index (Phi) is 6.10. The highest BCUT2D eigenvalue weighted by Gasteiger charge is 2.50. The standard InChI is InChI=1S/C31H35NO5/c1-19-17-25(27-22-11-8-12-23(22)30(34)37-26(27)18-19)36-20(2)29(33)32-16-15-31(35)14-7-6-13-24(31)28(32)21-9-4-3-5-10-21/h3-5,9-10,17-18,20,24,28,35H,6-8,11-16H2,1-2H3/t20-,24+,28-,31+/m0/s1. The zero-order chi connectivity index (χ0) is 25.7. The zero-order valence-electron chi connectivity index (χ0n) is 21.7. The third-order valence-electron chi connectivity index (χ3n) is 8.82. The number of nitrogens with zero attached hydrogens (tertiary/aromatic N) is 1. The van der Waals surface area contributed by atoms with Crippen LogP contribution in [0, 0.1) is 12.8 Å². The molecule has 2 aliphatic carbocycles. The Hall–Kier alpha value is -3.12. The van der Waals surface area contributed by atoms with Gasteiger partial charge in [0, 0.05) is 18.0 Å². The highest BCUT2D eigenvalue weighted by Crippen LogP contribution is 2.49. The number of hydrogen-bond acceptors (Lipinski definition) is 5. The molecule has 6 nitrogen and oxygen atoms in total. The number of piperidine rings is 1. The van der Waals surface area contributed by atoms with Gasteiger partial charge in [-0.2, -0.15) is 0 Å². The average Bonchev–Trinajstić information content (AvgIpc) is 3.38. The van der Waals surface area contributed by atoms with E-state index in [1.807, 2.05) is 42.2 Å². The van der Waals surface area contributed by atoms with Gasteiger partial charge in [0.15, 0.2) is 6.10 Å². The topological polar surface area (TPSA) is 80.0 Å². The molecule has 1 amide bonds. The number of ether oxygens (including phenoxy) is 1. The van der Waals surface area contributed by atoms with E-state index in [4.69, 9.17) is 9.15 Å². The molecule has 0 radical (unpaired) electrons. The van der Waals surface area contributed by atoms with Crippen LogP contribution in [0.1, 0.15) is 73.7 Å². The minimum absolute atomic E-state index is 0.00546. The number of rotatable bonds is 4. The Morgan fingerprint density at radius 1 is 1.11 bits per heavy atom. The first-order valence-corrected chi connectivity index (χ1v) is 13.7. The van der Waals surface area contributed by atoms with E-state index in [1.54, 1.807) is 6.92 Å². The quantitative estimate of drug-likeness (QED) is 0.494. The number of aliphatic hydroxyl groups is 1. The lowest BCUT2D eigenvalue weighted by Crippen LogP contribution is -2.58. The van der Waals surface area contributed by atoms with E-state index in [1.165, 1.54) is 0 Å². The monoisotopic (exact) mass is 501 g/mol.